The van der Waals surface area contributed by atoms with Gasteiger partial charge in [0.1, 0.15) is 0 Å². The minimum atomic E-state index is -0.308. The lowest BCUT2D eigenvalue weighted by Gasteiger charge is -2.14. The van der Waals surface area contributed by atoms with E-state index in [1.54, 1.807) is 11.3 Å². The van der Waals surface area contributed by atoms with Gasteiger partial charge >= 0.3 is 0 Å². The molecule has 1 atom stereocenters. The van der Waals surface area contributed by atoms with E-state index >= 15 is 0 Å². The molecule has 5 heteroatoms. The summed E-state index contributed by atoms with van der Waals surface area (Å²) in [4.78, 5) is 12.1. The second-order valence-electron chi connectivity index (χ2n) is 4.37. The van der Waals surface area contributed by atoms with Crippen LogP contribution in [-0.4, -0.2) is 5.91 Å². The fourth-order valence-corrected chi connectivity index (χ4v) is 3.25. The molecule has 1 heterocycles. The van der Waals surface area contributed by atoms with Crippen molar-refractivity contribution in [3.8, 4) is 0 Å². The zero-order valence-corrected chi connectivity index (χ0v) is 12.9. The summed E-state index contributed by atoms with van der Waals surface area (Å²) in [6.45, 7) is 2.12. The topological polar surface area (TPSA) is 55.1 Å². The lowest BCUT2D eigenvalue weighted by molar-refractivity contribution is -0.117. The van der Waals surface area contributed by atoms with Crippen LogP contribution in [0.3, 0.4) is 0 Å². The monoisotopic (exact) mass is 338 g/mol. The smallest absolute Gasteiger partial charge is 0.221 e. The maximum atomic E-state index is 10.8. The minimum absolute atomic E-state index is 0.248. The van der Waals surface area contributed by atoms with Crippen LogP contribution in [0.2, 0.25) is 0 Å². The SMILES string of the molecule is CC(Nc1ccc(CC(N)=O)cc1)c1cc(Br)cs1. The van der Waals surface area contributed by atoms with Crippen molar-refractivity contribution in [2.24, 2.45) is 5.73 Å². The average Bonchev–Trinajstić information content (AvgIpc) is 2.78. The molecule has 100 valence electrons. The number of anilines is 1. The zero-order chi connectivity index (χ0) is 13.8. The van der Waals surface area contributed by atoms with Gasteiger partial charge in [0, 0.05) is 20.4 Å². The zero-order valence-electron chi connectivity index (χ0n) is 10.5. The van der Waals surface area contributed by atoms with Crippen LogP contribution < -0.4 is 11.1 Å². The second kappa shape index (κ2) is 6.21. The van der Waals surface area contributed by atoms with E-state index in [0.29, 0.717) is 0 Å². The highest BCUT2D eigenvalue weighted by atomic mass is 79.9. The molecule has 0 spiro atoms. The molecule has 1 aromatic heterocycles. The van der Waals surface area contributed by atoms with Crippen molar-refractivity contribution < 1.29 is 4.79 Å². The Morgan fingerprint density at radius 3 is 2.63 bits per heavy atom. The standard InChI is InChI=1S/C14H15BrN2OS/c1-9(13-7-11(15)8-19-13)17-12-4-2-10(3-5-12)6-14(16)18/h2-5,7-9,17H,6H2,1H3,(H2,16,18). The molecule has 1 unspecified atom stereocenters. The average molecular weight is 339 g/mol. The summed E-state index contributed by atoms with van der Waals surface area (Å²) >= 11 is 5.18. The molecule has 1 amide bonds. The van der Waals surface area contributed by atoms with Gasteiger partial charge in [0.2, 0.25) is 5.91 Å². The molecule has 1 aromatic carbocycles. The molecule has 19 heavy (non-hydrogen) atoms. The van der Waals surface area contributed by atoms with Crippen molar-refractivity contribution in [1.82, 2.24) is 0 Å². The van der Waals surface area contributed by atoms with E-state index in [1.807, 2.05) is 24.3 Å². The first-order valence-electron chi connectivity index (χ1n) is 5.92. The molecule has 3 N–H and O–H groups in total. The number of halogens is 1. The Kier molecular flexibility index (Phi) is 4.61. The van der Waals surface area contributed by atoms with Crippen molar-refractivity contribution >= 4 is 38.9 Å². The van der Waals surface area contributed by atoms with Crippen molar-refractivity contribution in [2.75, 3.05) is 5.32 Å². The number of amides is 1. The van der Waals surface area contributed by atoms with Gasteiger partial charge < -0.3 is 11.1 Å². The number of hydrogen-bond acceptors (Lipinski definition) is 3. The van der Waals surface area contributed by atoms with Crippen LogP contribution in [0.5, 0.6) is 0 Å². The lowest BCUT2D eigenvalue weighted by Crippen LogP contribution is -2.13. The molecule has 3 nitrogen and oxygen atoms in total. The Hall–Kier alpha value is -1.33. The fourth-order valence-electron chi connectivity index (χ4n) is 1.80. The summed E-state index contributed by atoms with van der Waals surface area (Å²) in [5.74, 6) is -0.308. The van der Waals surface area contributed by atoms with Crippen LogP contribution in [0.4, 0.5) is 5.69 Å². The van der Waals surface area contributed by atoms with E-state index in [9.17, 15) is 4.79 Å². The molecule has 0 radical (unpaired) electrons. The fraction of sp³-hybridized carbons (Fsp3) is 0.214. The Bertz CT molecular complexity index is 565. The van der Waals surface area contributed by atoms with Gasteiger partial charge in [0.25, 0.3) is 0 Å². The summed E-state index contributed by atoms with van der Waals surface area (Å²) in [7, 11) is 0. The van der Waals surface area contributed by atoms with E-state index in [-0.39, 0.29) is 18.4 Å². The van der Waals surface area contributed by atoms with Gasteiger partial charge in [-0.2, -0.15) is 0 Å². The largest absolute Gasteiger partial charge is 0.378 e. The predicted octanol–water partition coefficient (Wildman–Crippen LogP) is 3.71. The van der Waals surface area contributed by atoms with E-state index in [2.05, 4.69) is 39.6 Å². The van der Waals surface area contributed by atoms with Gasteiger partial charge in [-0.15, -0.1) is 11.3 Å². The van der Waals surface area contributed by atoms with Crippen LogP contribution in [0.25, 0.3) is 0 Å². The van der Waals surface area contributed by atoms with Gasteiger partial charge in [0.15, 0.2) is 0 Å². The normalized spacial score (nSPS) is 12.1. The van der Waals surface area contributed by atoms with Gasteiger partial charge in [-0.1, -0.05) is 12.1 Å². The van der Waals surface area contributed by atoms with Gasteiger partial charge in [0.05, 0.1) is 12.5 Å². The molecule has 0 bridgehead atoms. The third-order valence-corrected chi connectivity index (χ3v) is 4.61. The Morgan fingerprint density at radius 2 is 2.11 bits per heavy atom. The second-order valence-corrected chi connectivity index (χ2v) is 6.23. The number of hydrogen-bond donors (Lipinski definition) is 2. The quantitative estimate of drug-likeness (QED) is 0.872. The molecule has 0 saturated heterocycles. The molecule has 2 rings (SSSR count). The lowest BCUT2D eigenvalue weighted by atomic mass is 10.1. The van der Waals surface area contributed by atoms with Crippen molar-refractivity contribution in [3.63, 3.8) is 0 Å². The molecule has 0 aliphatic rings. The highest BCUT2D eigenvalue weighted by molar-refractivity contribution is 9.10. The molecule has 0 fully saturated rings. The highest BCUT2D eigenvalue weighted by Gasteiger charge is 2.08. The molecular formula is C14H15BrN2OS. The van der Waals surface area contributed by atoms with Crippen LogP contribution in [0.15, 0.2) is 40.2 Å². The summed E-state index contributed by atoms with van der Waals surface area (Å²) in [5, 5.41) is 5.50. The number of primary amides is 1. The number of carbonyl (C=O) groups excluding carboxylic acids is 1. The highest BCUT2D eigenvalue weighted by Crippen LogP contribution is 2.27. The number of nitrogens with two attached hydrogens (primary N) is 1. The molecule has 2 aromatic rings. The Labute approximate surface area is 125 Å². The van der Waals surface area contributed by atoms with E-state index in [4.69, 9.17) is 5.73 Å². The van der Waals surface area contributed by atoms with E-state index in [1.165, 1.54) is 4.88 Å². The van der Waals surface area contributed by atoms with Gasteiger partial charge in [-0.05, 0) is 46.6 Å². The third-order valence-electron chi connectivity index (χ3n) is 2.73. The first-order chi connectivity index (χ1) is 9.04. The predicted molar refractivity (Wildman–Crippen MR) is 83.4 cm³/mol. The Balaban J connectivity index is 2.01. The van der Waals surface area contributed by atoms with Crippen LogP contribution in [-0.2, 0) is 11.2 Å². The summed E-state index contributed by atoms with van der Waals surface area (Å²) in [6.07, 6.45) is 0.285. The number of rotatable bonds is 5. The van der Waals surface area contributed by atoms with E-state index in [0.717, 1.165) is 15.7 Å². The minimum Gasteiger partial charge on any atom is -0.378 e. The number of carbonyl (C=O) groups is 1. The molecule has 0 saturated carbocycles. The molecule has 0 aliphatic carbocycles. The molecule has 0 aliphatic heterocycles. The number of nitrogens with one attached hydrogen (secondary N) is 1. The van der Waals surface area contributed by atoms with Gasteiger partial charge in [-0.3, -0.25) is 4.79 Å². The molecular weight excluding hydrogens is 324 g/mol. The van der Waals surface area contributed by atoms with Crippen molar-refractivity contribution in [1.29, 1.82) is 0 Å². The number of benzene rings is 1. The van der Waals surface area contributed by atoms with Crippen molar-refractivity contribution in [3.05, 3.63) is 50.6 Å². The number of thiophene rings is 1. The van der Waals surface area contributed by atoms with Gasteiger partial charge in [-0.25, -0.2) is 0 Å². The maximum absolute atomic E-state index is 10.8. The third kappa shape index (κ3) is 4.08. The maximum Gasteiger partial charge on any atom is 0.221 e. The Morgan fingerprint density at radius 1 is 1.42 bits per heavy atom. The first-order valence-corrected chi connectivity index (χ1v) is 7.59. The summed E-state index contributed by atoms with van der Waals surface area (Å²) < 4.78 is 1.11. The van der Waals surface area contributed by atoms with Crippen LogP contribution in [0, 0.1) is 0 Å². The van der Waals surface area contributed by atoms with Crippen LogP contribution >= 0.6 is 27.3 Å². The van der Waals surface area contributed by atoms with Crippen LogP contribution in [0.1, 0.15) is 23.4 Å². The first kappa shape index (κ1) is 14.1. The summed E-state index contributed by atoms with van der Waals surface area (Å²) in [5.41, 5.74) is 7.13. The summed E-state index contributed by atoms with van der Waals surface area (Å²) in [6, 6.07) is 10.1. The van der Waals surface area contributed by atoms with E-state index < -0.39 is 0 Å². The van der Waals surface area contributed by atoms with Crippen molar-refractivity contribution in [2.45, 2.75) is 19.4 Å².